The second-order valence-corrected chi connectivity index (χ2v) is 18.4. The average molecular weight is 898 g/mol. The van der Waals surface area contributed by atoms with E-state index in [4.69, 9.17) is 19.4 Å². The van der Waals surface area contributed by atoms with Crippen LogP contribution in [0.3, 0.4) is 0 Å². The zero-order valence-electron chi connectivity index (χ0n) is 38.0. The number of nitrogens with one attached hydrogen (secondary N) is 2. The van der Waals surface area contributed by atoms with Crippen molar-refractivity contribution in [1.82, 2.24) is 39.5 Å². The molecule has 7 aromatic rings. The molecule has 6 heterocycles. The van der Waals surface area contributed by atoms with E-state index in [2.05, 4.69) is 125 Å². The second kappa shape index (κ2) is 19.5. The Labute approximate surface area is 391 Å². The summed E-state index contributed by atoms with van der Waals surface area (Å²) in [5, 5.41) is 0. The Hall–Kier alpha value is -6.38. The molecule has 13 heteroatoms. The third kappa shape index (κ3) is 9.08. The number of rotatable bonds is 13. The van der Waals surface area contributed by atoms with E-state index in [0.29, 0.717) is 52.6 Å². The lowest BCUT2D eigenvalue weighted by atomic mass is 10.0. The van der Waals surface area contributed by atoms with Gasteiger partial charge in [-0.3, -0.25) is 19.4 Å². The van der Waals surface area contributed by atoms with Gasteiger partial charge in [-0.15, -0.1) is 0 Å². The van der Waals surface area contributed by atoms with E-state index in [-0.39, 0.29) is 36.0 Å². The number of hydrogen-bond acceptors (Lipinski definition) is 9. The Morgan fingerprint density at radius 2 is 0.970 bits per heavy atom. The van der Waals surface area contributed by atoms with Crippen molar-refractivity contribution >= 4 is 39.6 Å². The molecule has 13 nitrogen and oxygen atoms in total. The Balaban J connectivity index is 0.817. The summed E-state index contributed by atoms with van der Waals surface area (Å²) in [6.45, 7) is 8.20. The highest BCUT2D eigenvalue weighted by molar-refractivity contribution is 5.85. The van der Waals surface area contributed by atoms with Crippen LogP contribution in [0.25, 0.3) is 22.1 Å². The quantitative estimate of drug-likeness (QED) is 0.118. The number of para-hydroxylation sites is 1. The van der Waals surface area contributed by atoms with E-state index in [9.17, 15) is 9.59 Å². The number of aromatic nitrogens is 4. The molecule has 1 unspecified atom stereocenters. The van der Waals surface area contributed by atoms with Crippen molar-refractivity contribution in [3.63, 3.8) is 0 Å². The van der Waals surface area contributed by atoms with Crippen LogP contribution < -0.4 is 4.90 Å². The van der Waals surface area contributed by atoms with E-state index in [1.54, 1.807) is 0 Å². The molecule has 0 spiro atoms. The molecule has 4 fully saturated rings. The minimum atomic E-state index is -0.353. The van der Waals surface area contributed by atoms with Gasteiger partial charge in [-0.2, -0.15) is 0 Å². The highest BCUT2D eigenvalue weighted by Gasteiger charge is 2.41. The zero-order valence-corrected chi connectivity index (χ0v) is 38.0. The first-order valence-electron chi connectivity index (χ1n) is 24.2. The van der Waals surface area contributed by atoms with Crippen LogP contribution in [0.5, 0.6) is 0 Å². The molecule has 4 saturated heterocycles. The van der Waals surface area contributed by atoms with Gasteiger partial charge in [0.1, 0.15) is 23.7 Å². The Morgan fingerprint density at radius 3 is 1.40 bits per heavy atom. The van der Waals surface area contributed by atoms with Crippen LogP contribution in [-0.4, -0.2) is 117 Å². The first-order chi connectivity index (χ1) is 33.0. The maximum atomic E-state index is 14.6. The van der Waals surface area contributed by atoms with E-state index >= 15 is 0 Å². The molecule has 0 aliphatic carbocycles. The number of anilines is 1. The third-order valence-electron chi connectivity index (χ3n) is 14.2. The lowest BCUT2D eigenvalue weighted by Crippen LogP contribution is -2.47. The monoisotopic (exact) mass is 897 g/mol. The summed E-state index contributed by atoms with van der Waals surface area (Å²) in [7, 11) is 0. The fraction of sp³-hybridized carbons (Fsp3) is 0.370. The molecule has 2 N–H and O–H groups in total. The van der Waals surface area contributed by atoms with E-state index < -0.39 is 0 Å². The number of fused-ring (bicyclic) bond motifs is 2. The largest absolute Gasteiger partial charge is 0.379 e. The number of nitrogens with zero attached hydrogens (tertiary/aromatic N) is 7. The molecule has 67 heavy (non-hydrogen) atoms. The number of imidazole rings is 2. The van der Waals surface area contributed by atoms with Crippen LogP contribution in [-0.2, 0) is 32.2 Å². The van der Waals surface area contributed by atoms with Crippen LogP contribution in [0.4, 0.5) is 5.69 Å². The van der Waals surface area contributed by atoms with Gasteiger partial charge in [0.25, 0.3) is 0 Å². The summed E-state index contributed by atoms with van der Waals surface area (Å²) >= 11 is 0. The van der Waals surface area contributed by atoms with Gasteiger partial charge < -0.3 is 34.1 Å². The Morgan fingerprint density at radius 1 is 0.552 bits per heavy atom. The van der Waals surface area contributed by atoms with Gasteiger partial charge in [0, 0.05) is 58.0 Å². The van der Waals surface area contributed by atoms with Crippen molar-refractivity contribution in [2.45, 2.75) is 62.9 Å². The lowest BCUT2D eigenvalue weighted by Gasteiger charge is -2.37. The standard InChI is InChI=1S/C54H59N9O4/c64-53(49(40-12-4-1-5-13-40)59-26-30-66-31-27-59)62-24-10-18-47(62)51-55-43-22-20-38(34-45(43)57-51)36-61(42-16-8-3-9-17-42)37-39-21-23-44-46(35-39)58-52(56-44)48-19-11-25-63(48)54(65)50(41-14-6-2-7-15-41)60-28-32-67-33-29-60/h1-9,12-17,20-23,34-35,47-50H,10-11,18-19,24-33,36-37H2,(H,55,57)(H,56,58)/t47-,48?,49+,50+/m0/s1. The van der Waals surface area contributed by atoms with Gasteiger partial charge in [0.15, 0.2) is 0 Å². The number of amides is 2. The molecule has 344 valence electrons. The molecule has 11 rings (SSSR count). The number of likely N-dealkylation sites (tertiary alicyclic amines) is 2. The van der Waals surface area contributed by atoms with Crippen LogP contribution in [0.2, 0.25) is 0 Å². The van der Waals surface area contributed by atoms with E-state index in [1.807, 2.05) is 36.4 Å². The molecule has 5 aromatic carbocycles. The molecular weight excluding hydrogens is 839 g/mol. The molecule has 2 amide bonds. The van der Waals surface area contributed by atoms with E-state index in [1.165, 1.54) is 0 Å². The molecule has 0 radical (unpaired) electrons. The highest BCUT2D eigenvalue weighted by Crippen LogP contribution is 2.38. The predicted octanol–water partition coefficient (Wildman–Crippen LogP) is 8.12. The fourth-order valence-electron chi connectivity index (χ4n) is 10.9. The molecule has 2 aromatic heterocycles. The number of aromatic amines is 2. The van der Waals surface area contributed by atoms with Crippen molar-refractivity contribution in [1.29, 1.82) is 0 Å². The molecule has 4 aliphatic heterocycles. The van der Waals surface area contributed by atoms with Crippen LogP contribution in [0.1, 0.15) is 83.8 Å². The summed E-state index contributed by atoms with van der Waals surface area (Å²) in [6.07, 6.45) is 3.61. The molecule has 0 bridgehead atoms. The van der Waals surface area contributed by atoms with Gasteiger partial charge in [0.05, 0.1) is 60.6 Å². The average Bonchev–Trinajstić information content (AvgIpc) is 4.22. The molecule has 4 aliphatic rings. The maximum Gasteiger partial charge on any atom is 0.245 e. The number of morpholine rings is 2. The number of H-pyrrole nitrogens is 2. The second-order valence-electron chi connectivity index (χ2n) is 18.4. The van der Waals surface area contributed by atoms with Gasteiger partial charge in [0.2, 0.25) is 11.8 Å². The lowest BCUT2D eigenvalue weighted by molar-refractivity contribution is -0.141. The van der Waals surface area contributed by atoms with Gasteiger partial charge >= 0.3 is 0 Å². The topological polar surface area (TPSA) is 126 Å². The third-order valence-corrected chi connectivity index (χ3v) is 14.2. The summed E-state index contributed by atoms with van der Waals surface area (Å²) in [6, 6.07) is 43.0. The molecular formula is C54H59N9O4. The predicted molar refractivity (Wildman–Crippen MR) is 259 cm³/mol. The van der Waals surface area contributed by atoms with Crippen LogP contribution >= 0.6 is 0 Å². The summed E-state index contributed by atoms with van der Waals surface area (Å²) < 4.78 is 11.3. The van der Waals surface area contributed by atoms with Crippen molar-refractivity contribution in [3.8, 4) is 0 Å². The maximum absolute atomic E-state index is 14.6. The number of carbonyl (C=O) groups is 2. The first-order valence-corrected chi connectivity index (χ1v) is 24.2. The van der Waals surface area contributed by atoms with Crippen molar-refractivity contribution in [3.05, 3.63) is 161 Å². The highest BCUT2D eigenvalue weighted by atomic mass is 16.5. The Bertz CT molecular complexity index is 2620. The first kappa shape index (κ1) is 43.2. The van der Waals surface area contributed by atoms with Gasteiger partial charge in [-0.1, -0.05) is 91.0 Å². The van der Waals surface area contributed by atoms with Gasteiger partial charge in [-0.25, -0.2) is 9.97 Å². The summed E-state index contributed by atoms with van der Waals surface area (Å²) in [5.41, 5.74) is 9.22. The number of benzene rings is 5. The minimum Gasteiger partial charge on any atom is -0.379 e. The van der Waals surface area contributed by atoms with Crippen LogP contribution in [0.15, 0.2) is 127 Å². The number of hydrogen-bond donors (Lipinski definition) is 2. The van der Waals surface area contributed by atoms with Crippen LogP contribution in [0, 0.1) is 0 Å². The zero-order chi connectivity index (χ0) is 45.1. The normalized spacial score (nSPS) is 20.4. The van der Waals surface area contributed by atoms with Crippen molar-refractivity contribution < 1.29 is 19.1 Å². The molecule has 0 saturated carbocycles. The van der Waals surface area contributed by atoms with Crippen molar-refractivity contribution in [2.24, 2.45) is 0 Å². The summed E-state index contributed by atoms with van der Waals surface area (Å²) in [4.78, 5) is 57.7. The Kier molecular flexibility index (Phi) is 12.5. The fourth-order valence-corrected chi connectivity index (χ4v) is 10.9. The number of ether oxygens (including phenoxy) is 2. The van der Waals surface area contributed by atoms with E-state index in [0.717, 1.165) is 114 Å². The van der Waals surface area contributed by atoms with Gasteiger partial charge in [-0.05, 0) is 84.3 Å². The SMILES string of the molecule is O=C([C@@H](c1ccccc1)N1CCOCC1)N1CCCC1c1nc2ccc(CN(Cc3ccc4nc([C@@H]5CCCN5C(=O)[C@@H](c5ccccc5)N5CCOCC5)[nH]c4c3)c3ccccc3)cc2[nH]1. The molecule has 4 atom stereocenters. The summed E-state index contributed by atoms with van der Waals surface area (Å²) in [5.74, 6) is 1.95. The minimum absolute atomic E-state index is 0.118. The van der Waals surface area contributed by atoms with Crippen molar-refractivity contribution in [2.75, 3.05) is 70.6 Å². The smallest absolute Gasteiger partial charge is 0.245 e. The number of carbonyl (C=O) groups excluding carboxylic acids is 2.